The van der Waals surface area contributed by atoms with Gasteiger partial charge in [-0.3, -0.25) is 9.59 Å². The molecule has 3 aromatic rings. The first-order valence-corrected chi connectivity index (χ1v) is 16.5. The number of fused-ring (bicyclic) bond motifs is 1. The minimum absolute atomic E-state index is 0.156. The minimum Gasteiger partial charge on any atom is -0.489 e. The predicted octanol–water partition coefficient (Wildman–Crippen LogP) is 4.31. The van der Waals surface area contributed by atoms with Crippen molar-refractivity contribution in [2.75, 3.05) is 17.2 Å². The number of nitrogens with one attached hydrogen (secondary N) is 3. The van der Waals surface area contributed by atoms with Gasteiger partial charge in [0, 0.05) is 30.9 Å². The third-order valence-electron chi connectivity index (χ3n) is 7.30. The molecular weight excluding hydrogens is 687 g/mol. The van der Waals surface area contributed by atoms with E-state index in [0.29, 0.717) is 51.6 Å². The average molecular weight is 721 g/mol. The number of amides is 1. The summed E-state index contributed by atoms with van der Waals surface area (Å²) in [5.74, 6) is 0.0256. The number of carboxylic acid groups (broad SMARTS) is 1. The second-order valence-electron chi connectivity index (χ2n) is 11.0. The number of nitrogens with zero attached hydrogens (tertiary/aromatic N) is 3. The Hall–Kier alpha value is -3.50. The second-order valence-corrected chi connectivity index (χ2v) is 14.7. The van der Waals surface area contributed by atoms with Crippen LogP contribution in [-0.4, -0.2) is 70.3 Å². The zero-order valence-electron chi connectivity index (χ0n) is 24.1. The molecule has 1 saturated heterocycles. The summed E-state index contributed by atoms with van der Waals surface area (Å²) in [6.45, 7) is 7.84. The van der Waals surface area contributed by atoms with Gasteiger partial charge in [0.05, 0.1) is 31.2 Å². The maximum atomic E-state index is 13.5. The summed E-state index contributed by atoms with van der Waals surface area (Å²) in [4.78, 5) is 35.8. The van der Waals surface area contributed by atoms with Crippen LogP contribution >= 0.6 is 22.6 Å². The molecule has 228 valence electrons. The van der Waals surface area contributed by atoms with Crippen LogP contribution in [0.25, 0.3) is 0 Å². The number of halogens is 1. The smallest absolute Gasteiger partial charge is 0.320 e. The quantitative estimate of drug-likeness (QED) is 0.221. The fourth-order valence-corrected chi connectivity index (χ4v) is 6.68. The summed E-state index contributed by atoms with van der Waals surface area (Å²) >= 11 is 2.07. The monoisotopic (exact) mass is 720 g/mol. The van der Waals surface area contributed by atoms with Gasteiger partial charge in [-0.2, -0.15) is 4.98 Å². The molecule has 0 unspecified atom stereocenters. The number of para-hydroxylation sites is 1. The van der Waals surface area contributed by atoms with Crippen molar-refractivity contribution in [3.8, 4) is 5.75 Å². The molecule has 0 radical (unpaired) electrons. The lowest BCUT2D eigenvalue weighted by atomic mass is 10.1. The highest BCUT2D eigenvalue weighted by molar-refractivity contribution is 14.1. The predicted molar refractivity (Wildman–Crippen MR) is 170 cm³/mol. The third-order valence-corrected chi connectivity index (χ3v) is 10.3. The SMILES string of the molecule is CC(C)Oc1cc2c(cc1Nc1ncc(I)c(Nc3ccccc3S(=O)(=O)C(C)C)n1)C(=O)N([C@@H]1CN[C@H](C(=O)O)C1)C2. The van der Waals surface area contributed by atoms with Gasteiger partial charge in [-0.1, -0.05) is 12.1 Å². The number of carboxylic acids is 1. The highest BCUT2D eigenvalue weighted by atomic mass is 127. The number of rotatable bonds is 10. The van der Waals surface area contributed by atoms with Gasteiger partial charge in [0.1, 0.15) is 17.6 Å². The van der Waals surface area contributed by atoms with Gasteiger partial charge in [-0.25, -0.2) is 13.4 Å². The fraction of sp³-hybridized carbons (Fsp3) is 0.379. The van der Waals surface area contributed by atoms with E-state index in [9.17, 15) is 23.1 Å². The number of hydrogen-bond donors (Lipinski definition) is 4. The average Bonchev–Trinajstić information content (AvgIpc) is 3.56. The Balaban J connectivity index is 1.44. The van der Waals surface area contributed by atoms with Crippen molar-refractivity contribution in [2.24, 2.45) is 0 Å². The number of benzene rings is 2. The van der Waals surface area contributed by atoms with E-state index in [1.807, 2.05) is 19.9 Å². The highest BCUT2D eigenvalue weighted by Crippen LogP contribution is 2.37. The number of ether oxygens (including phenoxy) is 1. The van der Waals surface area contributed by atoms with Crippen LogP contribution in [0.4, 0.5) is 23.1 Å². The fourth-order valence-electron chi connectivity index (χ4n) is 5.08. The van der Waals surface area contributed by atoms with Crippen molar-refractivity contribution in [1.82, 2.24) is 20.2 Å². The van der Waals surface area contributed by atoms with Crippen molar-refractivity contribution in [1.29, 1.82) is 0 Å². The van der Waals surface area contributed by atoms with E-state index in [0.717, 1.165) is 5.56 Å². The molecule has 43 heavy (non-hydrogen) atoms. The Morgan fingerprint density at radius 2 is 1.91 bits per heavy atom. The standard InChI is InChI=1S/C29H33IN6O6S/c1-15(2)42-24-9-17-14-36(18-10-23(28(38)39)31-12-18)27(37)19(17)11-22(24)34-29-32-13-20(30)26(35-29)33-21-7-5-6-8-25(21)43(40,41)16(3)4/h5-9,11,13,15-16,18,23,31H,10,12,14H2,1-4H3,(H,38,39)(H2,32,33,34,35)/t18-,23-/m0/s1. The lowest BCUT2D eigenvalue weighted by Crippen LogP contribution is -2.36. The normalized spacial score (nSPS) is 18.3. The maximum Gasteiger partial charge on any atom is 0.320 e. The molecule has 2 aromatic carbocycles. The van der Waals surface area contributed by atoms with Gasteiger partial charge in [0.15, 0.2) is 9.84 Å². The lowest BCUT2D eigenvalue weighted by molar-refractivity contribution is -0.139. The molecule has 0 bridgehead atoms. The first-order chi connectivity index (χ1) is 20.3. The molecule has 0 saturated carbocycles. The van der Waals surface area contributed by atoms with Crippen LogP contribution in [0.1, 0.15) is 50.0 Å². The van der Waals surface area contributed by atoms with Crippen LogP contribution in [0.3, 0.4) is 0 Å². The first kappa shape index (κ1) is 30.9. The first-order valence-electron chi connectivity index (χ1n) is 13.9. The summed E-state index contributed by atoms with van der Waals surface area (Å²) < 4.78 is 32.7. The molecule has 4 N–H and O–H groups in total. The van der Waals surface area contributed by atoms with E-state index in [-0.39, 0.29) is 28.9 Å². The van der Waals surface area contributed by atoms with Crippen LogP contribution < -0.4 is 20.7 Å². The summed E-state index contributed by atoms with van der Waals surface area (Å²) in [7, 11) is -3.56. The second kappa shape index (κ2) is 12.2. The number of carbonyl (C=O) groups excluding carboxylic acids is 1. The van der Waals surface area contributed by atoms with Gasteiger partial charge in [0.2, 0.25) is 5.95 Å². The molecule has 5 rings (SSSR count). The Kier molecular flexibility index (Phi) is 8.81. The van der Waals surface area contributed by atoms with E-state index < -0.39 is 27.1 Å². The third kappa shape index (κ3) is 6.40. The molecule has 3 heterocycles. The number of sulfone groups is 1. The van der Waals surface area contributed by atoms with Crippen molar-refractivity contribution in [3.63, 3.8) is 0 Å². The van der Waals surface area contributed by atoms with E-state index in [1.165, 1.54) is 0 Å². The molecule has 0 spiro atoms. The molecule has 0 aliphatic carbocycles. The van der Waals surface area contributed by atoms with E-state index in [1.54, 1.807) is 55.3 Å². The minimum atomic E-state index is -3.56. The van der Waals surface area contributed by atoms with Crippen LogP contribution in [0, 0.1) is 3.57 Å². The van der Waals surface area contributed by atoms with Gasteiger partial charge < -0.3 is 30.7 Å². The highest BCUT2D eigenvalue weighted by Gasteiger charge is 2.39. The van der Waals surface area contributed by atoms with Crippen LogP contribution in [0.2, 0.25) is 0 Å². The lowest BCUT2D eigenvalue weighted by Gasteiger charge is -2.22. The number of hydrogen-bond acceptors (Lipinski definition) is 10. The molecule has 1 amide bonds. The zero-order valence-corrected chi connectivity index (χ0v) is 27.1. The van der Waals surface area contributed by atoms with E-state index in [2.05, 4.69) is 48.5 Å². The molecule has 2 aliphatic heterocycles. The van der Waals surface area contributed by atoms with E-state index >= 15 is 0 Å². The number of carbonyl (C=O) groups is 2. The summed E-state index contributed by atoms with van der Waals surface area (Å²) in [5, 5.41) is 18.1. The van der Waals surface area contributed by atoms with Gasteiger partial charge >= 0.3 is 5.97 Å². The molecule has 1 aromatic heterocycles. The zero-order chi connectivity index (χ0) is 31.1. The summed E-state index contributed by atoms with van der Waals surface area (Å²) in [5.41, 5.74) is 2.18. The Morgan fingerprint density at radius 1 is 1.16 bits per heavy atom. The molecular formula is C29H33IN6O6S. The van der Waals surface area contributed by atoms with Gasteiger partial charge in [0.25, 0.3) is 5.91 Å². The number of anilines is 4. The number of aliphatic carboxylic acids is 1. The molecule has 14 heteroatoms. The molecule has 12 nitrogen and oxygen atoms in total. The van der Waals surface area contributed by atoms with Crippen molar-refractivity contribution in [2.45, 2.75) is 69.0 Å². The Bertz CT molecular complexity index is 1680. The van der Waals surface area contributed by atoms with Crippen LogP contribution in [0.15, 0.2) is 47.5 Å². The van der Waals surface area contributed by atoms with Crippen molar-refractivity contribution >= 4 is 67.4 Å². The number of aromatic nitrogens is 2. The largest absolute Gasteiger partial charge is 0.489 e. The molecule has 1 fully saturated rings. The maximum absolute atomic E-state index is 13.5. The van der Waals surface area contributed by atoms with Crippen LogP contribution in [0.5, 0.6) is 5.75 Å². The Morgan fingerprint density at radius 3 is 2.58 bits per heavy atom. The molecule has 2 aliphatic rings. The van der Waals surface area contributed by atoms with Crippen molar-refractivity contribution in [3.05, 3.63) is 57.3 Å². The van der Waals surface area contributed by atoms with Crippen LogP contribution in [-0.2, 0) is 21.2 Å². The summed E-state index contributed by atoms with van der Waals surface area (Å²) in [6.07, 6.45) is 1.78. The topological polar surface area (TPSA) is 163 Å². The molecule has 2 atom stereocenters. The van der Waals surface area contributed by atoms with Gasteiger partial charge in [-0.15, -0.1) is 0 Å². The van der Waals surface area contributed by atoms with E-state index in [4.69, 9.17) is 4.74 Å². The Labute approximate surface area is 263 Å². The van der Waals surface area contributed by atoms with Gasteiger partial charge in [-0.05, 0) is 86.5 Å². The van der Waals surface area contributed by atoms with Crippen molar-refractivity contribution < 1.29 is 27.9 Å². The summed E-state index contributed by atoms with van der Waals surface area (Å²) in [6, 6.07) is 9.30.